The molecule has 3 aliphatic heterocycles. The molecule has 2 aromatic carbocycles. The number of aromatic nitrogens is 1. The molecule has 2 saturated heterocycles. The lowest BCUT2D eigenvalue weighted by molar-refractivity contribution is -0.0452. The standard InChI is InChI=1S/C27H31N3O3/c1-31-21-9-10-23-22(16-21)28-27(25-8-5-13-30(23)25)18-26(33-19-27)11-14-29(15-12-26)17-20-6-3-4-7-24(20)32-2/h3-10,13,16,28H,11-12,14-15,17-19H2,1-2H3. The molecular weight excluding hydrogens is 414 g/mol. The molecule has 1 aromatic heterocycles. The molecule has 0 bridgehead atoms. The lowest BCUT2D eigenvalue weighted by Crippen LogP contribution is -2.46. The highest BCUT2D eigenvalue weighted by Gasteiger charge is 2.53. The van der Waals surface area contributed by atoms with E-state index in [0.29, 0.717) is 6.61 Å². The molecule has 1 atom stereocenters. The number of hydrogen-bond acceptors (Lipinski definition) is 5. The number of piperidine rings is 1. The first-order chi connectivity index (χ1) is 16.1. The van der Waals surface area contributed by atoms with Gasteiger partial charge in [0.15, 0.2) is 0 Å². The lowest BCUT2D eigenvalue weighted by atomic mass is 9.79. The normalized spacial score (nSPS) is 23.2. The number of nitrogens with zero attached hydrogens (tertiary/aromatic N) is 2. The molecule has 6 heteroatoms. The smallest absolute Gasteiger partial charge is 0.123 e. The molecule has 0 radical (unpaired) electrons. The first-order valence-corrected chi connectivity index (χ1v) is 11.8. The number of para-hydroxylation sites is 1. The van der Waals surface area contributed by atoms with Gasteiger partial charge in [0.2, 0.25) is 0 Å². The van der Waals surface area contributed by atoms with Crippen LogP contribution in [0.3, 0.4) is 0 Å². The Kier molecular flexibility index (Phi) is 4.89. The van der Waals surface area contributed by atoms with Crippen LogP contribution in [0.25, 0.3) is 5.69 Å². The maximum atomic E-state index is 6.66. The average molecular weight is 446 g/mol. The number of likely N-dealkylation sites (tertiary alicyclic amines) is 1. The predicted molar refractivity (Wildman–Crippen MR) is 128 cm³/mol. The minimum absolute atomic E-state index is 0.0876. The molecule has 33 heavy (non-hydrogen) atoms. The van der Waals surface area contributed by atoms with E-state index in [-0.39, 0.29) is 11.1 Å². The first kappa shape index (κ1) is 20.6. The van der Waals surface area contributed by atoms with Crippen molar-refractivity contribution < 1.29 is 14.2 Å². The van der Waals surface area contributed by atoms with E-state index in [1.54, 1.807) is 14.2 Å². The fourth-order valence-electron chi connectivity index (χ4n) is 5.94. The van der Waals surface area contributed by atoms with E-state index >= 15 is 0 Å². The molecule has 172 valence electrons. The highest BCUT2D eigenvalue weighted by atomic mass is 16.5. The molecule has 3 aliphatic rings. The molecule has 2 spiro atoms. The lowest BCUT2D eigenvalue weighted by Gasteiger charge is -2.41. The SMILES string of the molecule is COc1ccc2c(c1)NC1(COC3(CCN(Cc4ccccc4OC)CC3)C1)c1cccn1-2. The number of rotatable bonds is 4. The van der Waals surface area contributed by atoms with Crippen LogP contribution >= 0.6 is 0 Å². The summed E-state index contributed by atoms with van der Waals surface area (Å²) in [5.41, 5.74) is 4.50. The van der Waals surface area contributed by atoms with Crippen LogP contribution in [0.1, 0.15) is 30.5 Å². The van der Waals surface area contributed by atoms with Gasteiger partial charge in [-0.3, -0.25) is 4.90 Å². The highest BCUT2D eigenvalue weighted by Crippen LogP contribution is 2.50. The van der Waals surface area contributed by atoms with Crippen LogP contribution in [0.15, 0.2) is 60.8 Å². The van der Waals surface area contributed by atoms with Crippen molar-refractivity contribution in [2.45, 2.75) is 36.9 Å². The van der Waals surface area contributed by atoms with Gasteiger partial charge in [0.05, 0.1) is 43.5 Å². The van der Waals surface area contributed by atoms with Crippen LogP contribution in [0, 0.1) is 0 Å². The number of methoxy groups -OCH3 is 2. The number of anilines is 1. The number of nitrogens with one attached hydrogen (secondary N) is 1. The molecule has 1 unspecified atom stereocenters. The largest absolute Gasteiger partial charge is 0.497 e. The van der Waals surface area contributed by atoms with Crippen LogP contribution < -0.4 is 14.8 Å². The van der Waals surface area contributed by atoms with Crippen molar-refractivity contribution in [3.63, 3.8) is 0 Å². The fraction of sp³-hybridized carbons (Fsp3) is 0.407. The van der Waals surface area contributed by atoms with Gasteiger partial charge < -0.3 is 24.1 Å². The van der Waals surface area contributed by atoms with Crippen LogP contribution in [-0.4, -0.2) is 49.0 Å². The number of benzene rings is 2. The van der Waals surface area contributed by atoms with E-state index in [2.05, 4.69) is 57.4 Å². The summed E-state index contributed by atoms with van der Waals surface area (Å²) in [5, 5.41) is 3.87. The van der Waals surface area contributed by atoms with Gasteiger partial charge >= 0.3 is 0 Å². The Morgan fingerprint density at radius 3 is 2.67 bits per heavy atom. The van der Waals surface area contributed by atoms with E-state index in [1.165, 1.54) is 11.3 Å². The second-order valence-electron chi connectivity index (χ2n) is 9.59. The van der Waals surface area contributed by atoms with Gasteiger partial charge in [-0.05, 0) is 43.2 Å². The molecule has 1 N–H and O–H groups in total. The first-order valence-electron chi connectivity index (χ1n) is 11.8. The summed E-state index contributed by atoms with van der Waals surface area (Å²) in [7, 11) is 3.46. The second kappa shape index (κ2) is 7.82. The van der Waals surface area contributed by atoms with Gasteiger partial charge in [-0.15, -0.1) is 0 Å². The van der Waals surface area contributed by atoms with Crippen molar-refractivity contribution in [3.05, 3.63) is 72.1 Å². The molecule has 6 nitrogen and oxygen atoms in total. The molecule has 6 rings (SSSR count). The Bertz CT molecular complexity index is 1160. The quantitative estimate of drug-likeness (QED) is 0.638. The molecular formula is C27H31N3O3. The third kappa shape index (κ3) is 3.40. The van der Waals surface area contributed by atoms with Gasteiger partial charge in [0.25, 0.3) is 0 Å². The summed E-state index contributed by atoms with van der Waals surface area (Å²) in [6, 6.07) is 18.9. The monoisotopic (exact) mass is 445 g/mol. The van der Waals surface area contributed by atoms with Crippen molar-refractivity contribution in [1.82, 2.24) is 9.47 Å². The van der Waals surface area contributed by atoms with Crippen LogP contribution in [0.4, 0.5) is 5.69 Å². The van der Waals surface area contributed by atoms with Gasteiger partial charge in [-0.2, -0.15) is 0 Å². The zero-order chi connectivity index (χ0) is 22.5. The molecule has 0 saturated carbocycles. The summed E-state index contributed by atoms with van der Waals surface area (Å²) < 4.78 is 20.0. The Morgan fingerprint density at radius 1 is 1.00 bits per heavy atom. The maximum Gasteiger partial charge on any atom is 0.123 e. The van der Waals surface area contributed by atoms with Gasteiger partial charge in [0, 0.05) is 43.9 Å². The Labute approximate surface area is 195 Å². The van der Waals surface area contributed by atoms with E-state index in [4.69, 9.17) is 14.2 Å². The minimum Gasteiger partial charge on any atom is -0.497 e. The highest BCUT2D eigenvalue weighted by molar-refractivity contribution is 5.69. The van der Waals surface area contributed by atoms with Gasteiger partial charge in [0.1, 0.15) is 17.0 Å². The molecule has 0 aliphatic carbocycles. The molecule has 2 fully saturated rings. The zero-order valence-corrected chi connectivity index (χ0v) is 19.3. The van der Waals surface area contributed by atoms with Crippen LogP contribution in [0.2, 0.25) is 0 Å². The molecule has 0 amide bonds. The van der Waals surface area contributed by atoms with Crippen molar-refractivity contribution in [2.24, 2.45) is 0 Å². The van der Waals surface area contributed by atoms with Crippen molar-refractivity contribution in [2.75, 3.05) is 39.2 Å². The summed E-state index contributed by atoms with van der Waals surface area (Å²) in [6.07, 6.45) is 5.21. The van der Waals surface area contributed by atoms with Gasteiger partial charge in [-0.25, -0.2) is 0 Å². The van der Waals surface area contributed by atoms with Crippen LogP contribution in [-0.2, 0) is 16.8 Å². The molecule has 3 aromatic rings. The van der Waals surface area contributed by atoms with Crippen molar-refractivity contribution in [1.29, 1.82) is 0 Å². The Balaban J connectivity index is 1.21. The summed E-state index contributed by atoms with van der Waals surface area (Å²) in [5.74, 6) is 1.83. The summed E-state index contributed by atoms with van der Waals surface area (Å²) in [4.78, 5) is 2.52. The predicted octanol–water partition coefficient (Wildman–Crippen LogP) is 4.57. The fourth-order valence-corrected chi connectivity index (χ4v) is 5.94. The van der Waals surface area contributed by atoms with Gasteiger partial charge in [-0.1, -0.05) is 18.2 Å². The van der Waals surface area contributed by atoms with E-state index in [9.17, 15) is 0 Å². The van der Waals surface area contributed by atoms with Crippen LogP contribution in [0.5, 0.6) is 11.5 Å². The zero-order valence-electron chi connectivity index (χ0n) is 19.3. The maximum absolute atomic E-state index is 6.66. The van der Waals surface area contributed by atoms with E-state index in [1.807, 2.05) is 18.2 Å². The summed E-state index contributed by atoms with van der Waals surface area (Å²) in [6.45, 7) is 3.65. The van der Waals surface area contributed by atoms with E-state index < -0.39 is 0 Å². The second-order valence-corrected chi connectivity index (χ2v) is 9.59. The summed E-state index contributed by atoms with van der Waals surface area (Å²) >= 11 is 0. The van der Waals surface area contributed by atoms with Crippen molar-refractivity contribution in [3.8, 4) is 17.2 Å². The Morgan fingerprint density at radius 2 is 1.85 bits per heavy atom. The Hall–Kier alpha value is -2.96. The number of hydrogen-bond donors (Lipinski definition) is 1. The third-order valence-electron chi connectivity index (χ3n) is 7.68. The number of fused-ring (bicyclic) bond motifs is 4. The minimum atomic E-state index is -0.215. The number of ether oxygens (including phenoxy) is 3. The van der Waals surface area contributed by atoms with E-state index in [0.717, 1.165) is 61.8 Å². The topological polar surface area (TPSA) is 47.9 Å². The third-order valence-corrected chi connectivity index (χ3v) is 7.68. The molecule has 4 heterocycles. The van der Waals surface area contributed by atoms with Crippen molar-refractivity contribution >= 4 is 5.69 Å². The average Bonchev–Trinajstić information content (AvgIpc) is 3.48.